The molecule has 0 bridgehead atoms. The van der Waals surface area contributed by atoms with E-state index in [9.17, 15) is 19.2 Å². The maximum absolute atomic E-state index is 12.8. The Morgan fingerprint density at radius 1 is 0.810 bits per heavy atom. The predicted octanol–water partition coefficient (Wildman–Crippen LogP) is 4.71. The fourth-order valence-electron chi connectivity index (χ4n) is 6.15. The lowest BCUT2D eigenvalue weighted by atomic mass is 10.0. The highest BCUT2D eigenvalue weighted by Gasteiger charge is 2.42. The molecule has 4 rings (SSSR count). The van der Waals surface area contributed by atoms with Gasteiger partial charge in [0.05, 0.1) is 30.0 Å². The minimum absolute atomic E-state index is 0.0700. The van der Waals surface area contributed by atoms with Crippen molar-refractivity contribution < 1.29 is 24.3 Å². The van der Waals surface area contributed by atoms with Crippen LogP contribution >= 0.6 is 47.0 Å². The molecule has 4 aliphatic rings. The van der Waals surface area contributed by atoms with Gasteiger partial charge in [0.15, 0.2) is 10.2 Å². The molecular weight excluding hydrogens is 613 g/mol. The fourth-order valence-corrected chi connectivity index (χ4v) is 11.5. The highest BCUT2D eigenvalue weighted by Crippen LogP contribution is 2.35. The quantitative estimate of drug-likeness (QED) is 0.0975. The molecule has 0 saturated carbocycles. The lowest BCUT2D eigenvalue weighted by molar-refractivity contribution is -0.137. The van der Waals surface area contributed by atoms with Gasteiger partial charge < -0.3 is 26.4 Å². The van der Waals surface area contributed by atoms with Gasteiger partial charge in [0, 0.05) is 52.3 Å². The Hall–Kier alpha value is -1.18. The van der Waals surface area contributed by atoms with Gasteiger partial charge in [-0.1, -0.05) is 49.4 Å². The SMILES string of the molecule is C=C1NC2CSC(CCCCC(=O)SCCC(CCCCC(=O)O)SC(=O)CCCCC3SCC4NC(=O)NC43)C2N1. The Balaban J connectivity index is 1.08. The van der Waals surface area contributed by atoms with E-state index in [0.29, 0.717) is 47.6 Å². The summed E-state index contributed by atoms with van der Waals surface area (Å²) in [6, 6.07) is 1.28. The van der Waals surface area contributed by atoms with Crippen molar-refractivity contribution in [1.29, 1.82) is 0 Å². The van der Waals surface area contributed by atoms with Crippen molar-refractivity contribution in [2.45, 2.75) is 123 Å². The average Bonchev–Trinajstić information content (AvgIpc) is 3.69. The summed E-state index contributed by atoms with van der Waals surface area (Å²) in [5.41, 5.74) is 0. The molecule has 0 aromatic carbocycles. The molecule has 9 nitrogen and oxygen atoms in total. The van der Waals surface area contributed by atoms with Crippen LogP contribution in [-0.4, -0.2) is 84.5 Å². The summed E-state index contributed by atoms with van der Waals surface area (Å²) in [6.07, 6.45) is 10.1. The predicted molar refractivity (Wildman–Crippen MR) is 176 cm³/mol. The van der Waals surface area contributed by atoms with Gasteiger partial charge in [0.1, 0.15) is 0 Å². The van der Waals surface area contributed by atoms with Gasteiger partial charge in [-0.3, -0.25) is 14.4 Å². The van der Waals surface area contributed by atoms with E-state index in [1.165, 1.54) is 23.5 Å². The molecule has 5 N–H and O–H groups in total. The van der Waals surface area contributed by atoms with Gasteiger partial charge >= 0.3 is 12.0 Å². The van der Waals surface area contributed by atoms with E-state index in [4.69, 9.17) is 5.11 Å². The number of aliphatic carboxylic acids is 1. The molecular formula is C29H46N4O5S4. The number of fused-ring (bicyclic) bond motifs is 2. The Kier molecular flexibility index (Phi) is 13.9. The first-order valence-electron chi connectivity index (χ1n) is 15.4. The molecule has 4 aliphatic heterocycles. The van der Waals surface area contributed by atoms with Gasteiger partial charge in [-0.2, -0.15) is 23.5 Å². The maximum atomic E-state index is 12.8. The second-order valence-electron chi connectivity index (χ2n) is 11.6. The van der Waals surface area contributed by atoms with Gasteiger partial charge in [-0.15, -0.1) is 0 Å². The van der Waals surface area contributed by atoms with Gasteiger partial charge in [-0.05, 0) is 44.9 Å². The summed E-state index contributed by atoms with van der Waals surface area (Å²) in [7, 11) is 0. The summed E-state index contributed by atoms with van der Waals surface area (Å²) in [6.45, 7) is 3.98. The van der Waals surface area contributed by atoms with Crippen molar-refractivity contribution in [2.24, 2.45) is 0 Å². The van der Waals surface area contributed by atoms with Crippen molar-refractivity contribution in [2.75, 3.05) is 17.3 Å². The number of urea groups is 1. The molecule has 0 aliphatic carbocycles. The van der Waals surface area contributed by atoms with Crippen molar-refractivity contribution in [3.63, 3.8) is 0 Å². The number of carbonyl (C=O) groups is 4. The van der Waals surface area contributed by atoms with Crippen molar-refractivity contribution in [3.05, 3.63) is 12.4 Å². The monoisotopic (exact) mass is 658 g/mol. The molecule has 0 aromatic heterocycles. The first-order chi connectivity index (χ1) is 20.3. The summed E-state index contributed by atoms with van der Waals surface area (Å²) in [4.78, 5) is 47.8. The van der Waals surface area contributed by atoms with E-state index in [0.717, 1.165) is 75.1 Å². The van der Waals surface area contributed by atoms with E-state index in [-0.39, 0.29) is 40.0 Å². The van der Waals surface area contributed by atoms with Crippen molar-refractivity contribution >= 4 is 69.3 Å². The zero-order chi connectivity index (χ0) is 29.9. The summed E-state index contributed by atoms with van der Waals surface area (Å²) in [5, 5.41) is 23.3. The van der Waals surface area contributed by atoms with Crippen LogP contribution in [0.1, 0.15) is 83.5 Å². The molecule has 7 atom stereocenters. The number of carboxylic acid groups (broad SMARTS) is 1. The number of carboxylic acids is 1. The van der Waals surface area contributed by atoms with Gasteiger partial charge in [0.2, 0.25) is 0 Å². The van der Waals surface area contributed by atoms with Crippen LogP contribution in [0.5, 0.6) is 0 Å². The number of carbonyl (C=O) groups excluding carboxylic acids is 3. The Morgan fingerprint density at radius 2 is 1.43 bits per heavy atom. The first kappa shape index (κ1) is 33.7. The third-order valence-corrected chi connectivity index (χ3v) is 13.6. The smallest absolute Gasteiger partial charge is 0.315 e. The number of rotatable bonds is 19. The van der Waals surface area contributed by atoms with Crippen LogP contribution in [0.3, 0.4) is 0 Å². The highest BCUT2D eigenvalue weighted by molar-refractivity contribution is 8.14. The zero-order valence-corrected chi connectivity index (χ0v) is 27.5. The molecule has 2 amide bonds. The minimum atomic E-state index is -0.788. The molecule has 0 radical (unpaired) electrons. The lowest BCUT2D eigenvalue weighted by Crippen LogP contribution is -2.36. The molecule has 42 heavy (non-hydrogen) atoms. The molecule has 0 spiro atoms. The largest absolute Gasteiger partial charge is 0.481 e. The highest BCUT2D eigenvalue weighted by atomic mass is 32.2. The molecule has 4 fully saturated rings. The van der Waals surface area contributed by atoms with Crippen LogP contribution in [0.15, 0.2) is 12.4 Å². The van der Waals surface area contributed by atoms with E-state index in [2.05, 4.69) is 27.8 Å². The third-order valence-electron chi connectivity index (χ3n) is 8.37. The van der Waals surface area contributed by atoms with Gasteiger partial charge in [-0.25, -0.2) is 4.79 Å². The van der Waals surface area contributed by atoms with E-state index in [1.807, 2.05) is 23.5 Å². The molecule has 0 aromatic rings. The average molecular weight is 659 g/mol. The van der Waals surface area contributed by atoms with E-state index < -0.39 is 5.97 Å². The molecule has 4 heterocycles. The number of amides is 2. The Labute approximate surface area is 266 Å². The van der Waals surface area contributed by atoms with Crippen molar-refractivity contribution in [3.8, 4) is 0 Å². The third kappa shape index (κ3) is 10.8. The van der Waals surface area contributed by atoms with Crippen LogP contribution in [0.2, 0.25) is 0 Å². The van der Waals surface area contributed by atoms with E-state index >= 15 is 0 Å². The summed E-state index contributed by atoms with van der Waals surface area (Å²) >= 11 is 6.68. The molecule has 13 heteroatoms. The van der Waals surface area contributed by atoms with Crippen molar-refractivity contribution in [1.82, 2.24) is 21.3 Å². The van der Waals surface area contributed by atoms with Crippen LogP contribution in [-0.2, 0) is 14.4 Å². The zero-order valence-electron chi connectivity index (χ0n) is 24.3. The van der Waals surface area contributed by atoms with Crippen LogP contribution in [0, 0.1) is 0 Å². The molecule has 4 saturated heterocycles. The minimum Gasteiger partial charge on any atom is -0.481 e. The van der Waals surface area contributed by atoms with Crippen LogP contribution in [0.4, 0.5) is 4.79 Å². The molecule has 7 unspecified atom stereocenters. The van der Waals surface area contributed by atoms with Crippen LogP contribution < -0.4 is 21.3 Å². The number of thioether (sulfide) groups is 4. The number of hydrogen-bond acceptors (Lipinski definition) is 10. The summed E-state index contributed by atoms with van der Waals surface area (Å²) in [5.74, 6) is 2.89. The Bertz CT molecular complexity index is 972. The number of nitrogens with one attached hydrogen (secondary N) is 4. The van der Waals surface area contributed by atoms with Gasteiger partial charge in [0.25, 0.3) is 0 Å². The lowest BCUT2D eigenvalue weighted by Gasteiger charge is -2.17. The topological polar surface area (TPSA) is 137 Å². The van der Waals surface area contributed by atoms with Crippen LogP contribution in [0.25, 0.3) is 0 Å². The first-order valence-corrected chi connectivity index (χ1v) is 19.3. The normalized spacial score (nSPS) is 28.4. The van der Waals surface area contributed by atoms with E-state index in [1.54, 1.807) is 0 Å². The molecule has 236 valence electrons. The number of hydrogen-bond donors (Lipinski definition) is 5. The number of unbranched alkanes of at least 4 members (excludes halogenated alkanes) is 3. The Morgan fingerprint density at radius 3 is 2.12 bits per heavy atom. The summed E-state index contributed by atoms with van der Waals surface area (Å²) < 4.78 is 0. The standard InChI is InChI=1S/C29H46N4O5S4/c1-18-30-20-16-40-22(27(20)31-18)9-3-6-12-25(36)39-15-14-19(8-2-5-11-24(34)35)42-26(37)13-7-4-10-23-28-21(17-41-23)32-29(38)33-28/h19-23,27-28,30-31H,1-17H2,(H,34,35)(H2,32,33,38). The fraction of sp³-hybridized carbons (Fsp3) is 0.793. The second-order valence-corrected chi connectivity index (χ2v) is 16.7. The second kappa shape index (κ2) is 17.3. The maximum Gasteiger partial charge on any atom is 0.315 e.